The van der Waals surface area contributed by atoms with Gasteiger partial charge in [0.1, 0.15) is 17.7 Å². The predicted molar refractivity (Wildman–Crippen MR) is 119 cm³/mol. The maximum absolute atomic E-state index is 4.66. The molecule has 8 heteroatoms. The smallest absolute Gasteiger partial charge is 0.227 e. The first-order chi connectivity index (χ1) is 14.3. The Balaban J connectivity index is 0.000000376. The second-order valence-corrected chi connectivity index (χ2v) is 7.81. The van der Waals surface area contributed by atoms with Crippen molar-refractivity contribution < 1.29 is 17.1 Å². The fraction of sp³-hybridized carbons (Fsp3) is 0. The van der Waals surface area contributed by atoms with Crippen LogP contribution in [0, 0.1) is 63.7 Å². The molecule has 148 valence electrons. The van der Waals surface area contributed by atoms with Gasteiger partial charge in [-0.15, -0.1) is 0 Å². The largest absolute Gasteiger partial charge is 2.00 e. The monoisotopic (exact) mass is 517 g/mol. The van der Waals surface area contributed by atoms with Crippen LogP contribution < -0.4 is 0 Å². The van der Waals surface area contributed by atoms with Gasteiger partial charge in [-0.2, -0.15) is 5.10 Å². The molecule has 2 saturated carbocycles. The molecule has 0 amide bonds. The molecule has 0 unspecified atom stereocenters. The van der Waals surface area contributed by atoms with Gasteiger partial charge in [0.2, 0.25) is 5.13 Å². The topological polar surface area (TPSA) is 56.0 Å². The third-order valence-corrected chi connectivity index (χ3v) is 5.39. The molecule has 1 aromatic carbocycles. The van der Waals surface area contributed by atoms with Crippen molar-refractivity contribution in [2.75, 3.05) is 0 Å². The Morgan fingerprint density at radius 3 is 2.20 bits per heavy atom. The molecule has 10 radical (unpaired) electrons. The Morgan fingerprint density at radius 1 is 0.933 bits per heavy atom. The summed E-state index contributed by atoms with van der Waals surface area (Å²) in [5.74, 6) is 1.04. The van der Waals surface area contributed by atoms with Crippen molar-refractivity contribution in [2.24, 2.45) is 4.99 Å². The van der Waals surface area contributed by atoms with Gasteiger partial charge >= 0.3 is 17.1 Å². The second-order valence-electron chi connectivity index (χ2n) is 5.94. The van der Waals surface area contributed by atoms with Gasteiger partial charge in [0.15, 0.2) is 0 Å². The normalized spacial score (nSPS) is 16.4. The molecule has 5 nitrogen and oxygen atoms in total. The Kier molecular flexibility index (Phi) is 9.25. The van der Waals surface area contributed by atoms with Gasteiger partial charge in [-0.1, -0.05) is 39.4 Å². The number of hydrogen-bond acceptors (Lipinski definition) is 5. The minimum Gasteiger partial charge on any atom is -0.227 e. The summed E-state index contributed by atoms with van der Waals surface area (Å²) >= 11 is 4.91. The summed E-state index contributed by atoms with van der Waals surface area (Å²) in [4.78, 5) is 13.2. The number of aliphatic imine (C=N–C) groups is 1. The molecule has 0 atom stereocenters. The van der Waals surface area contributed by atoms with Gasteiger partial charge < -0.3 is 0 Å². The summed E-state index contributed by atoms with van der Waals surface area (Å²) in [5.41, 5.74) is 1.88. The minimum absolute atomic E-state index is 0. The van der Waals surface area contributed by atoms with Gasteiger partial charge in [-0.05, 0) is 75.5 Å². The Hall–Kier alpha value is -1.34. The Morgan fingerprint density at radius 2 is 1.60 bits per heavy atom. The standard InChI is InChI=1S/C17H11BrN5S.C5H5.Fe/c18-14-7-5-12(6-8-14)9-20-17-22-15(13-3-1-2-4-13)16(24-17)23-11-19-10-21-23;1-2-4-5-3-1;/h1-11H;1-5H;/q;;+2/b20-9+;;. The van der Waals surface area contributed by atoms with E-state index in [-0.39, 0.29) is 17.1 Å². The number of aromatic nitrogens is 4. The second kappa shape index (κ2) is 11.9. The van der Waals surface area contributed by atoms with Crippen LogP contribution in [0.25, 0.3) is 5.00 Å². The van der Waals surface area contributed by atoms with Crippen molar-refractivity contribution in [2.45, 2.75) is 0 Å². The van der Waals surface area contributed by atoms with Crippen molar-refractivity contribution in [1.82, 2.24) is 19.7 Å². The van der Waals surface area contributed by atoms with Crippen molar-refractivity contribution >= 4 is 38.6 Å². The molecule has 5 rings (SSSR count). The fourth-order valence-corrected chi connectivity index (χ4v) is 3.67. The molecule has 30 heavy (non-hydrogen) atoms. The van der Waals surface area contributed by atoms with E-state index in [1.54, 1.807) is 11.0 Å². The number of nitrogens with zero attached hydrogens (tertiary/aromatic N) is 5. The summed E-state index contributed by atoms with van der Waals surface area (Å²) in [6.07, 6.45) is 23.0. The van der Waals surface area contributed by atoms with E-state index in [2.05, 4.69) is 36.0 Å². The van der Waals surface area contributed by atoms with E-state index < -0.39 is 0 Å². The Labute approximate surface area is 201 Å². The molecule has 3 aromatic rings. The first-order valence-electron chi connectivity index (χ1n) is 8.84. The average Bonchev–Trinajstić information content (AvgIpc) is 3.55. The van der Waals surface area contributed by atoms with E-state index in [1.165, 1.54) is 17.7 Å². The zero-order valence-electron chi connectivity index (χ0n) is 15.6. The van der Waals surface area contributed by atoms with E-state index in [9.17, 15) is 0 Å². The predicted octanol–water partition coefficient (Wildman–Crippen LogP) is 5.01. The number of halogens is 1. The summed E-state index contributed by atoms with van der Waals surface area (Å²) in [6.45, 7) is 0. The summed E-state index contributed by atoms with van der Waals surface area (Å²) in [7, 11) is 0. The minimum atomic E-state index is 0. The third-order valence-electron chi connectivity index (χ3n) is 3.91. The van der Waals surface area contributed by atoms with Crippen molar-refractivity contribution in [3.05, 3.63) is 116 Å². The van der Waals surface area contributed by atoms with Crippen LogP contribution in [0.15, 0.2) is 46.4 Å². The van der Waals surface area contributed by atoms with Crippen molar-refractivity contribution in [1.29, 1.82) is 0 Å². The van der Waals surface area contributed by atoms with Gasteiger partial charge in [0.25, 0.3) is 0 Å². The van der Waals surface area contributed by atoms with E-state index in [4.69, 9.17) is 0 Å². The van der Waals surface area contributed by atoms with Gasteiger partial charge in [-0.3, -0.25) is 0 Å². The molecular weight excluding hydrogens is 502 g/mol. The van der Waals surface area contributed by atoms with Crippen molar-refractivity contribution in [3.8, 4) is 5.00 Å². The fourth-order valence-electron chi connectivity index (χ4n) is 2.54. The van der Waals surface area contributed by atoms with Crippen LogP contribution in [0.1, 0.15) is 11.3 Å². The molecule has 2 aliphatic carbocycles. The zero-order chi connectivity index (χ0) is 19.9. The number of rotatable bonds is 4. The van der Waals surface area contributed by atoms with Crippen LogP contribution in [-0.2, 0) is 17.1 Å². The molecule has 2 aliphatic rings. The van der Waals surface area contributed by atoms with Crippen molar-refractivity contribution in [3.63, 3.8) is 0 Å². The quantitative estimate of drug-likeness (QED) is 0.361. The van der Waals surface area contributed by atoms with Gasteiger partial charge in [0, 0.05) is 16.6 Å². The molecule has 2 heterocycles. The van der Waals surface area contributed by atoms with E-state index in [1.807, 2.05) is 88.3 Å². The SMILES string of the molecule is Brc1ccc(/C=N/c2nc([C]3[CH][CH][CH][CH]3)c(-n3cncn3)s2)cc1.[CH]1[CH][CH][CH][CH]1.[Fe+2]. The van der Waals surface area contributed by atoms with Crippen LogP contribution in [-0.4, -0.2) is 26.0 Å². The van der Waals surface area contributed by atoms with Gasteiger partial charge in [-0.25, -0.2) is 19.6 Å². The molecule has 0 spiro atoms. The average molecular weight is 518 g/mol. The Bertz CT molecular complexity index is 906. The molecule has 0 aliphatic heterocycles. The van der Waals surface area contributed by atoms with Crippen LogP contribution >= 0.6 is 27.3 Å². The number of hydrogen-bond donors (Lipinski definition) is 0. The molecule has 2 fully saturated rings. The van der Waals surface area contributed by atoms with E-state index in [0.717, 1.165) is 26.6 Å². The zero-order valence-corrected chi connectivity index (χ0v) is 19.1. The summed E-state index contributed by atoms with van der Waals surface area (Å²) in [5, 5.41) is 5.80. The first-order valence-corrected chi connectivity index (χ1v) is 10.4. The number of thiazole rings is 1. The molecule has 0 N–H and O–H groups in total. The van der Waals surface area contributed by atoms with Crippen LogP contribution in [0.3, 0.4) is 0 Å². The molecule has 0 saturated heterocycles. The van der Waals surface area contributed by atoms with Crippen LogP contribution in [0.4, 0.5) is 5.13 Å². The summed E-state index contributed by atoms with van der Waals surface area (Å²) in [6, 6.07) is 7.97. The van der Waals surface area contributed by atoms with Crippen LogP contribution in [0.5, 0.6) is 0 Å². The first kappa shape index (κ1) is 23.3. The third kappa shape index (κ3) is 6.33. The molecule has 2 aromatic heterocycles. The van der Waals surface area contributed by atoms with E-state index in [0.29, 0.717) is 5.13 Å². The van der Waals surface area contributed by atoms with E-state index >= 15 is 0 Å². The number of benzene rings is 1. The molecular formula is C22H16BrFeN5S+2. The van der Waals surface area contributed by atoms with Gasteiger partial charge in [0.05, 0.1) is 5.69 Å². The molecule has 0 bridgehead atoms. The summed E-state index contributed by atoms with van der Waals surface area (Å²) < 4.78 is 2.76. The van der Waals surface area contributed by atoms with Crippen LogP contribution in [0.2, 0.25) is 0 Å². The maximum Gasteiger partial charge on any atom is 2.00 e. The maximum atomic E-state index is 4.66.